The maximum absolute atomic E-state index is 4.04. The van der Waals surface area contributed by atoms with E-state index in [1.165, 1.54) is 44.1 Å². The normalized spacial score (nSPS) is 12.6. The molecule has 0 radical (unpaired) electrons. The monoisotopic (exact) mass is 234 g/mol. The van der Waals surface area contributed by atoms with Crippen LogP contribution in [0.5, 0.6) is 0 Å². The SMILES string of the molecule is CCCCCCCCNC(C)c1ccncc1. The van der Waals surface area contributed by atoms with Crippen molar-refractivity contribution in [2.75, 3.05) is 6.54 Å². The summed E-state index contributed by atoms with van der Waals surface area (Å²) in [6.07, 6.45) is 11.9. The van der Waals surface area contributed by atoms with Crippen LogP contribution in [0.4, 0.5) is 0 Å². The number of nitrogens with one attached hydrogen (secondary N) is 1. The molecule has 96 valence electrons. The van der Waals surface area contributed by atoms with Crippen LogP contribution < -0.4 is 5.32 Å². The van der Waals surface area contributed by atoms with Gasteiger partial charge in [-0.15, -0.1) is 0 Å². The summed E-state index contributed by atoms with van der Waals surface area (Å²) in [4.78, 5) is 4.04. The highest BCUT2D eigenvalue weighted by Crippen LogP contribution is 2.10. The third kappa shape index (κ3) is 6.42. The van der Waals surface area contributed by atoms with Crippen LogP contribution in [-0.4, -0.2) is 11.5 Å². The van der Waals surface area contributed by atoms with Crippen LogP contribution in [0.25, 0.3) is 0 Å². The molecule has 1 atom stereocenters. The van der Waals surface area contributed by atoms with Gasteiger partial charge in [0.2, 0.25) is 0 Å². The first kappa shape index (κ1) is 14.2. The summed E-state index contributed by atoms with van der Waals surface area (Å²) in [7, 11) is 0. The van der Waals surface area contributed by atoms with Crippen molar-refractivity contribution in [1.29, 1.82) is 0 Å². The molecule has 1 rings (SSSR count). The highest BCUT2D eigenvalue weighted by atomic mass is 14.9. The van der Waals surface area contributed by atoms with Gasteiger partial charge >= 0.3 is 0 Å². The largest absolute Gasteiger partial charge is 0.310 e. The van der Waals surface area contributed by atoms with Gasteiger partial charge in [-0.1, -0.05) is 39.0 Å². The van der Waals surface area contributed by atoms with Crippen LogP contribution in [0, 0.1) is 0 Å². The molecule has 0 saturated heterocycles. The van der Waals surface area contributed by atoms with Gasteiger partial charge < -0.3 is 5.32 Å². The second-order valence-electron chi connectivity index (χ2n) is 4.72. The van der Waals surface area contributed by atoms with Crippen LogP contribution in [0.15, 0.2) is 24.5 Å². The zero-order valence-corrected chi connectivity index (χ0v) is 11.3. The fourth-order valence-electron chi connectivity index (χ4n) is 1.99. The lowest BCUT2D eigenvalue weighted by molar-refractivity contribution is 0.527. The van der Waals surface area contributed by atoms with Crippen molar-refractivity contribution in [3.8, 4) is 0 Å². The zero-order chi connectivity index (χ0) is 12.3. The van der Waals surface area contributed by atoms with E-state index in [0.29, 0.717) is 6.04 Å². The molecule has 17 heavy (non-hydrogen) atoms. The van der Waals surface area contributed by atoms with Crippen LogP contribution in [0.2, 0.25) is 0 Å². The molecule has 2 heteroatoms. The topological polar surface area (TPSA) is 24.9 Å². The Hall–Kier alpha value is -0.890. The highest BCUT2D eigenvalue weighted by Gasteiger charge is 2.02. The van der Waals surface area contributed by atoms with E-state index < -0.39 is 0 Å². The van der Waals surface area contributed by atoms with Crippen LogP contribution in [0.1, 0.15) is 64.0 Å². The van der Waals surface area contributed by atoms with E-state index in [0.717, 1.165) is 6.54 Å². The van der Waals surface area contributed by atoms with E-state index in [2.05, 4.69) is 36.3 Å². The van der Waals surface area contributed by atoms with Gasteiger partial charge in [-0.25, -0.2) is 0 Å². The van der Waals surface area contributed by atoms with Crippen molar-refractivity contribution < 1.29 is 0 Å². The van der Waals surface area contributed by atoms with Crippen molar-refractivity contribution in [3.05, 3.63) is 30.1 Å². The molecular weight excluding hydrogens is 208 g/mol. The number of nitrogens with zero attached hydrogens (tertiary/aromatic N) is 1. The lowest BCUT2D eigenvalue weighted by Crippen LogP contribution is -2.19. The van der Waals surface area contributed by atoms with Crippen molar-refractivity contribution in [2.24, 2.45) is 0 Å². The lowest BCUT2D eigenvalue weighted by atomic mass is 10.1. The second-order valence-corrected chi connectivity index (χ2v) is 4.72. The Bertz CT molecular complexity index is 272. The number of hydrogen-bond donors (Lipinski definition) is 1. The minimum absolute atomic E-state index is 0.439. The molecule has 0 saturated carbocycles. The number of hydrogen-bond acceptors (Lipinski definition) is 2. The van der Waals surface area contributed by atoms with Gasteiger partial charge in [-0.3, -0.25) is 4.98 Å². The molecule has 0 amide bonds. The average molecular weight is 234 g/mol. The van der Waals surface area contributed by atoms with Crippen LogP contribution in [-0.2, 0) is 0 Å². The van der Waals surface area contributed by atoms with Crippen LogP contribution >= 0.6 is 0 Å². The van der Waals surface area contributed by atoms with Crippen molar-refractivity contribution >= 4 is 0 Å². The Kier molecular flexibility index (Phi) is 7.65. The van der Waals surface area contributed by atoms with Gasteiger partial charge in [0.1, 0.15) is 0 Å². The van der Waals surface area contributed by atoms with E-state index in [1.54, 1.807) is 0 Å². The van der Waals surface area contributed by atoms with E-state index in [4.69, 9.17) is 0 Å². The molecule has 0 aliphatic carbocycles. The molecule has 0 spiro atoms. The van der Waals surface area contributed by atoms with E-state index in [1.807, 2.05) is 12.4 Å². The summed E-state index contributed by atoms with van der Waals surface area (Å²) < 4.78 is 0. The number of unbranched alkanes of at least 4 members (excludes halogenated alkanes) is 5. The molecule has 1 heterocycles. The van der Waals surface area contributed by atoms with E-state index in [-0.39, 0.29) is 0 Å². The maximum Gasteiger partial charge on any atom is 0.0292 e. The van der Waals surface area contributed by atoms with Gasteiger partial charge in [0.05, 0.1) is 0 Å². The Labute approximate surface area is 106 Å². The Morgan fingerprint density at radius 1 is 1.06 bits per heavy atom. The molecule has 1 aromatic rings. The number of pyridine rings is 1. The van der Waals surface area contributed by atoms with Gasteiger partial charge in [-0.2, -0.15) is 0 Å². The number of rotatable bonds is 9. The summed E-state index contributed by atoms with van der Waals surface area (Å²) >= 11 is 0. The van der Waals surface area contributed by atoms with Gasteiger partial charge in [-0.05, 0) is 37.6 Å². The summed E-state index contributed by atoms with van der Waals surface area (Å²) in [5.74, 6) is 0. The third-order valence-electron chi connectivity index (χ3n) is 3.19. The smallest absolute Gasteiger partial charge is 0.0292 e. The highest BCUT2D eigenvalue weighted by molar-refractivity contribution is 5.13. The van der Waals surface area contributed by atoms with Crippen LogP contribution in [0.3, 0.4) is 0 Å². The minimum atomic E-state index is 0.439. The molecule has 0 aliphatic rings. The first-order chi connectivity index (χ1) is 8.34. The Balaban J connectivity index is 2.03. The molecular formula is C15H26N2. The fourth-order valence-corrected chi connectivity index (χ4v) is 1.99. The van der Waals surface area contributed by atoms with Crippen molar-refractivity contribution in [2.45, 2.75) is 58.4 Å². The average Bonchev–Trinajstić information content (AvgIpc) is 2.38. The summed E-state index contributed by atoms with van der Waals surface area (Å²) in [5, 5.41) is 3.56. The number of aromatic nitrogens is 1. The Morgan fingerprint density at radius 3 is 2.41 bits per heavy atom. The molecule has 0 bridgehead atoms. The molecule has 0 aliphatic heterocycles. The third-order valence-corrected chi connectivity index (χ3v) is 3.19. The van der Waals surface area contributed by atoms with E-state index in [9.17, 15) is 0 Å². The maximum atomic E-state index is 4.04. The van der Waals surface area contributed by atoms with Gasteiger partial charge in [0.25, 0.3) is 0 Å². The predicted molar refractivity (Wildman–Crippen MR) is 74.0 cm³/mol. The quantitative estimate of drug-likeness (QED) is 0.651. The molecule has 1 aromatic heterocycles. The Morgan fingerprint density at radius 2 is 1.71 bits per heavy atom. The predicted octanol–water partition coefficient (Wildman–Crippen LogP) is 4.09. The van der Waals surface area contributed by atoms with Gasteiger partial charge in [0, 0.05) is 18.4 Å². The molecule has 1 unspecified atom stereocenters. The first-order valence-electron chi connectivity index (χ1n) is 6.98. The molecule has 0 fully saturated rings. The minimum Gasteiger partial charge on any atom is -0.310 e. The first-order valence-corrected chi connectivity index (χ1v) is 6.98. The van der Waals surface area contributed by atoms with Crippen molar-refractivity contribution in [1.82, 2.24) is 10.3 Å². The fraction of sp³-hybridized carbons (Fsp3) is 0.667. The van der Waals surface area contributed by atoms with E-state index >= 15 is 0 Å². The summed E-state index contributed by atoms with van der Waals surface area (Å²) in [6.45, 7) is 5.60. The molecule has 1 N–H and O–H groups in total. The second kappa shape index (κ2) is 9.17. The summed E-state index contributed by atoms with van der Waals surface area (Å²) in [6, 6.07) is 4.60. The standard InChI is InChI=1S/C15H26N2/c1-3-4-5-6-7-8-11-17-14(2)15-9-12-16-13-10-15/h9-10,12-14,17H,3-8,11H2,1-2H3. The van der Waals surface area contributed by atoms with Crippen molar-refractivity contribution in [3.63, 3.8) is 0 Å². The lowest BCUT2D eigenvalue weighted by Gasteiger charge is -2.13. The zero-order valence-electron chi connectivity index (χ0n) is 11.3. The molecule has 0 aromatic carbocycles. The summed E-state index contributed by atoms with van der Waals surface area (Å²) in [5.41, 5.74) is 1.32. The molecule has 2 nitrogen and oxygen atoms in total. The van der Waals surface area contributed by atoms with Gasteiger partial charge in [0.15, 0.2) is 0 Å².